The third-order valence-corrected chi connectivity index (χ3v) is 21.6. The average molecular weight is 1170 g/mol. The fourth-order valence-electron chi connectivity index (χ4n) is 10.8. The highest BCUT2D eigenvalue weighted by molar-refractivity contribution is 6.74. The van der Waals surface area contributed by atoms with Crippen molar-refractivity contribution >= 4 is 61.5 Å². The van der Waals surface area contributed by atoms with Crippen LogP contribution in [0.1, 0.15) is 147 Å². The molecule has 8 amide bonds. The Hall–Kier alpha value is -5.61. The molecule has 22 heteroatoms. The Kier molecular flexibility index (Phi) is 25.0. The molecule has 82 heavy (non-hydrogen) atoms. The average Bonchev–Trinajstić information content (AvgIpc) is 4.29. The van der Waals surface area contributed by atoms with E-state index in [1.54, 1.807) is 52.0 Å². The van der Waals surface area contributed by atoms with E-state index in [2.05, 4.69) is 55.1 Å². The number of hydrogen-bond donors (Lipinski definition) is 5. The fraction of sp³-hybridized carbons (Fsp3) is 0.750. The summed E-state index contributed by atoms with van der Waals surface area (Å²) in [5, 5.41) is 23.1. The van der Waals surface area contributed by atoms with Crippen LogP contribution in [0.15, 0.2) is 24.3 Å². The standard InChI is InChI=1S/C60H100N8O13Si/c1-19-37(8)50-47(69)33-48(70)62-49(36(6)7)53(72)61-42(30-34(2)3)56(75)68-29-21-23-44(68)58(77)66(15)46(32-40-24-26-41(79-16)27-25-40)59(78)80-38(9)51(54(73)63-50)64-52(71)45(31-35(4)5)65(14)57(76)43-22-20-28-67(43)55(74)39(10)81-82(17,18)60(11,12)13/h24-27,34-39,42-47,49-51,69H,19-23,28-33H2,1-18H3,(H,61,72)(H,62,70)(H,63,73)(H,64,71)/t37-,38+,39?,42-,43?,44-,45+,46-,47-,49-,50+,51-/m0/s1. The lowest BCUT2D eigenvalue weighted by Crippen LogP contribution is -2.62. The third kappa shape index (κ3) is 17.7. The van der Waals surface area contributed by atoms with Crippen LogP contribution in [0.5, 0.6) is 5.75 Å². The molecule has 3 saturated heterocycles. The summed E-state index contributed by atoms with van der Waals surface area (Å²) in [5.41, 5.74) is 0.611. The molecular weight excluding hydrogens is 1070 g/mol. The molecule has 0 aliphatic carbocycles. The monoisotopic (exact) mass is 1170 g/mol. The van der Waals surface area contributed by atoms with Crippen LogP contribution in [-0.2, 0) is 58.7 Å². The van der Waals surface area contributed by atoms with Crippen LogP contribution >= 0.6 is 0 Å². The molecule has 0 aromatic heterocycles. The molecule has 4 rings (SSSR count). The van der Waals surface area contributed by atoms with Crippen molar-refractivity contribution in [2.75, 3.05) is 34.3 Å². The van der Waals surface area contributed by atoms with Gasteiger partial charge in [-0.1, -0.05) is 94.7 Å². The van der Waals surface area contributed by atoms with Crippen LogP contribution in [0.25, 0.3) is 0 Å². The highest BCUT2D eigenvalue weighted by Crippen LogP contribution is 2.38. The number of likely N-dealkylation sites (tertiary alicyclic amines) is 1. The molecule has 3 aliphatic heterocycles. The Bertz CT molecular complexity index is 2400. The maximum atomic E-state index is 15.1. The first-order valence-corrected chi connectivity index (χ1v) is 32.6. The number of rotatable bonds is 17. The van der Waals surface area contributed by atoms with Crippen molar-refractivity contribution in [1.82, 2.24) is 40.9 Å². The van der Waals surface area contributed by atoms with Crippen molar-refractivity contribution in [3.8, 4) is 5.75 Å². The number of esters is 1. The number of hydrogen-bond acceptors (Lipinski definition) is 13. The van der Waals surface area contributed by atoms with Gasteiger partial charge in [-0.3, -0.25) is 38.4 Å². The van der Waals surface area contributed by atoms with Crippen molar-refractivity contribution in [2.45, 2.75) is 233 Å². The van der Waals surface area contributed by atoms with Crippen molar-refractivity contribution < 1.29 is 62.2 Å². The van der Waals surface area contributed by atoms with E-state index >= 15 is 14.4 Å². The van der Waals surface area contributed by atoms with Crippen molar-refractivity contribution in [3.05, 3.63) is 29.8 Å². The van der Waals surface area contributed by atoms with E-state index in [1.807, 2.05) is 34.6 Å². The zero-order valence-electron chi connectivity index (χ0n) is 52.4. The summed E-state index contributed by atoms with van der Waals surface area (Å²) in [5.74, 6) is -6.51. The Labute approximate surface area is 488 Å². The lowest BCUT2D eigenvalue weighted by molar-refractivity contribution is -0.162. The molecular formula is C60H100N8O13Si. The molecule has 0 spiro atoms. The predicted molar refractivity (Wildman–Crippen MR) is 314 cm³/mol. The van der Waals surface area contributed by atoms with E-state index < -0.39 is 141 Å². The summed E-state index contributed by atoms with van der Waals surface area (Å²) in [4.78, 5) is 137. The number of methoxy groups -OCH3 is 1. The molecule has 1 aromatic rings. The molecule has 462 valence electrons. The minimum absolute atomic E-state index is 0.0796. The number of likely N-dealkylation sites (N-methyl/N-ethyl adjacent to an activating group) is 2. The Morgan fingerprint density at radius 1 is 0.878 bits per heavy atom. The summed E-state index contributed by atoms with van der Waals surface area (Å²) < 4.78 is 18.1. The maximum Gasteiger partial charge on any atom is 0.329 e. The van der Waals surface area contributed by atoms with Gasteiger partial charge >= 0.3 is 5.97 Å². The minimum Gasteiger partial charge on any atom is -0.497 e. The van der Waals surface area contributed by atoms with Crippen molar-refractivity contribution in [3.63, 3.8) is 0 Å². The van der Waals surface area contributed by atoms with Gasteiger partial charge in [0.05, 0.1) is 25.7 Å². The molecule has 0 bridgehead atoms. The number of aliphatic hydroxyl groups excluding tert-OH is 1. The van der Waals surface area contributed by atoms with E-state index in [9.17, 15) is 33.9 Å². The number of nitrogens with one attached hydrogen (secondary N) is 4. The first kappa shape index (κ1) is 68.9. The molecule has 3 aliphatic rings. The van der Waals surface area contributed by atoms with Crippen LogP contribution in [0.2, 0.25) is 18.1 Å². The quantitative estimate of drug-likeness (QED) is 0.105. The second-order valence-corrected chi connectivity index (χ2v) is 30.6. The second-order valence-electron chi connectivity index (χ2n) is 25.8. The SMILES string of the molecule is CC[C@H](C)[C@H]1NC(=O)[C@@H](NC(=O)[C@@H](CC(C)C)N(C)C(=O)C2CCCN2C(=O)C(C)O[Si](C)(C)C(C)(C)C)[C@@H](C)OC(=O)[C@H](Cc2ccc(OC)cc2)N(C)C(=O)[C@@H]2CCCN2C(=O)[C@H](CC(C)C)NC(=O)[C@H](C(C)C)NC(=O)C[C@@H]1O. The molecule has 21 nitrogen and oxygen atoms in total. The molecule has 0 saturated carbocycles. The van der Waals surface area contributed by atoms with Gasteiger partial charge in [-0.25, -0.2) is 4.79 Å². The second kappa shape index (κ2) is 29.8. The number of benzene rings is 1. The van der Waals surface area contributed by atoms with Crippen LogP contribution in [-0.4, -0.2) is 187 Å². The first-order valence-electron chi connectivity index (χ1n) is 29.7. The molecule has 3 fully saturated rings. The number of aliphatic hydroxyl groups is 1. The number of nitrogens with zero attached hydrogens (tertiary/aromatic N) is 4. The van der Waals surface area contributed by atoms with Gasteiger partial charge in [-0.2, -0.15) is 0 Å². The predicted octanol–water partition coefficient (Wildman–Crippen LogP) is 4.71. The van der Waals surface area contributed by atoms with Gasteiger partial charge in [0.25, 0.3) is 5.91 Å². The van der Waals surface area contributed by atoms with Crippen LogP contribution in [0.3, 0.4) is 0 Å². The van der Waals surface area contributed by atoms with Gasteiger partial charge in [0.15, 0.2) is 8.32 Å². The highest BCUT2D eigenvalue weighted by atomic mass is 28.4. The lowest BCUT2D eigenvalue weighted by atomic mass is 9.91. The van der Waals surface area contributed by atoms with Gasteiger partial charge in [0.1, 0.15) is 60.3 Å². The number of carbonyl (C=O) groups excluding carboxylic acids is 9. The number of amides is 8. The van der Waals surface area contributed by atoms with Crippen LogP contribution in [0, 0.1) is 23.7 Å². The first-order chi connectivity index (χ1) is 38.1. The molecule has 0 radical (unpaired) electrons. The molecule has 1 aromatic carbocycles. The molecule has 2 unspecified atom stereocenters. The molecule has 12 atom stereocenters. The summed E-state index contributed by atoms with van der Waals surface area (Å²) in [6.07, 6.45) is -2.16. The normalized spacial score (nSPS) is 26.3. The van der Waals surface area contributed by atoms with E-state index in [0.29, 0.717) is 43.5 Å². The number of fused-ring (bicyclic) bond motifs is 1. The largest absolute Gasteiger partial charge is 0.497 e. The number of ether oxygens (including phenoxy) is 2. The zero-order valence-corrected chi connectivity index (χ0v) is 53.4. The zero-order chi connectivity index (χ0) is 61.9. The summed E-state index contributed by atoms with van der Waals surface area (Å²) in [6.45, 7) is 28.6. The Balaban J connectivity index is 1.84. The third-order valence-electron chi connectivity index (χ3n) is 17.1. The maximum absolute atomic E-state index is 15.1. The minimum atomic E-state index is -2.39. The summed E-state index contributed by atoms with van der Waals surface area (Å²) in [6, 6.07) is -2.70. The Morgan fingerprint density at radius 3 is 2.06 bits per heavy atom. The van der Waals surface area contributed by atoms with Gasteiger partial charge in [-0.05, 0) is 112 Å². The van der Waals surface area contributed by atoms with E-state index in [0.717, 1.165) is 0 Å². The molecule has 5 N–H and O–H groups in total. The van der Waals surface area contributed by atoms with Gasteiger partial charge in [0, 0.05) is 33.6 Å². The van der Waals surface area contributed by atoms with Crippen LogP contribution < -0.4 is 26.0 Å². The van der Waals surface area contributed by atoms with Crippen molar-refractivity contribution in [1.29, 1.82) is 0 Å². The van der Waals surface area contributed by atoms with Gasteiger partial charge < -0.3 is 59.9 Å². The van der Waals surface area contributed by atoms with Gasteiger partial charge in [0.2, 0.25) is 41.4 Å². The number of cyclic esters (lactones) is 1. The summed E-state index contributed by atoms with van der Waals surface area (Å²) in [7, 11) is 2.05. The van der Waals surface area contributed by atoms with E-state index in [4.69, 9.17) is 13.9 Å². The van der Waals surface area contributed by atoms with Gasteiger partial charge in [-0.15, -0.1) is 0 Å². The lowest BCUT2D eigenvalue weighted by Gasteiger charge is -2.39. The van der Waals surface area contributed by atoms with E-state index in [-0.39, 0.29) is 55.0 Å². The van der Waals surface area contributed by atoms with Crippen molar-refractivity contribution in [2.24, 2.45) is 23.7 Å². The van der Waals surface area contributed by atoms with E-state index in [1.165, 1.54) is 47.7 Å². The molecule has 3 heterocycles. The summed E-state index contributed by atoms with van der Waals surface area (Å²) >= 11 is 0. The fourth-order valence-corrected chi connectivity index (χ4v) is 12.2. The topological polar surface area (TPSA) is 263 Å². The smallest absolute Gasteiger partial charge is 0.329 e. The highest BCUT2D eigenvalue weighted by Gasteiger charge is 2.47. The van der Waals surface area contributed by atoms with Crippen LogP contribution in [0.4, 0.5) is 0 Å². The Morgan fingerprint density at radius 2 is 1.50 bits per heavy atom. The number of carbonyl (C=O) groups is 9.